The van der Waals surface area contributed by atoms with Crippen molar-refractivity contribution in [2.45, 2.75) is 12.4 Å². The van der Waals surface area contributed by atoms with E-state index in [0.29, 0.717) is 22.5 Å². The maximum Gasteiger partial charge on any atom is 0.435 e. The van der Waals surface area contributed by atoms with Gasteiger partial charge in [0.05, 0.1) is 17.6 Å². The largest absolute Gasteiger partial charge is 0.435 e. The number of halogens is 7. The number of fused-ring (bicyclic) bond motifs is 1. The Hall–Kier alpha value is -3.87. The second kappa shape index (κ2) is 9.78. The highest BCUT2D eigenvalue weighted by atomic mass is 35.5. The molecule has 184 valence electrons. The second-order valence-electron chi connectivity index (χ2n) is 7.09. The third-order valence-corrected chi connectivity index (χ3v) is 4.63. The van der Waals surface area contributed by atoms with Crippen LogP contribution in [0.5, 0.6) is 0 Å². The fraction of sp³-hybridized carbons (Fsp3) is 0.143. The Balaban J connectivity index is 0.00000342. The van der Waals surface area contributed by atoms with Crippen LogP contribution < -0.4 is 10.6 Å². The second-order valence-corrected chi connectivity index (χ2v) is 7.09. The summed E-state index contributed by atoms with van der Waals surface area (Å²) in [6.07, 6.45) is -5.93. The molecule has 35 heavy (non-hydrogen) atoms. The van der Waals surface area contributed by atoms with Crippen LogP contribution in [0.3, 0.4) is 0 Å². The van der Waals surface area contributed by atoms with Crippen LogP contribution in [0.15, 0.2) is 60.9 Å². The Morgan fingerprint density at radius 3 is 2.37 bits per heavy atom. The number of imidazole rings is 1. The summed E-state index contributed by atoms with van der Waals surface area (Å²) in [4.78, 5) is 16.0. The quantitative estimate of drug-likeness (QED) is 0.347. The zero-order valence-corrected chi connectivity index (χ0v) is 18.2. The zero-order chi connectivity index (χ0) is 24.5. The van der Waals surface area contributed by atoms with E-state index in [1.54, 1.807) is 52.4 Å². The number of nitrogens with one attached hydrogen (secondary N) is 2. The lowest BCUT2D eigenvalue weighted by molar-refractivity contribution is -0.141. The van der Waals surface area contributed by atoms with Gasteiger partial charge in [-0.25, -0.2) is 9.78 Å². The number of carbonyl (C=O) groups excluding carboxylic acids is 1. The van der Waals surface area contributed by atoms with Gasteiger partial charge >= 0.3 is 18.4 Å². The third kappa shape index (κ3) is 6.18. The Morgan fingerprint density at radius 2 is 1.71 bits per heavy atom. The van der Waals surface area contributed by atoms with E-state index in [1.165, 1.54) is 12.1 Å². The van der Waals surface area contributed by atoms with Crippen LogP contribution in [0.1, 0.15) is 5.69 Å². The van der Waals surface area contributed by atoms with E-state index in [9.17, 15) is 31.1 Å². The van der Waals surface area contributed by atoms with Crippen LogP contribution in [-0.4, -0.2) is 38.3 Å². The van der Waals surface area contributed by atoms with Crippen molar-refractivity contribution in [1.82, 2.24) is 24.9 Å². The van der Waals surface area contributed by atoms with E-state index in [4.69, 9.17) is 0 Å². The van der Waals surface area contributed by atoms with Crippen molar-refractivity contribution in [2.75, 3.05) is 11.9 Å². The number of hydrogen-bond donors (Lipinski definition) is 2. The molecule has 4 aromatic rings. The van der Waals surface area contributed by atoms with Gasteiger partial charge < -0.3 is 10.6 Å². The lowest BCUT2D eigenvalue weighted by Crippen LogP contribution is -2.36. The van der Waals surface area contributed by atoms with Crippen LogP contribution in [0.4, 0.5) is 36.8 Å². The summed E-state index contributed by atoms with van der Waals surface area (Å²) in [5, 5.41) is 10.9. The summed E-state index contributed by atoms with van der Waals surface area (Å²) < 4.78 is 76.5. The van der Waals surface area contributed by atoms with Crippen LogP contribution in [0.2, 0.25) is 0 Å². The lowest BCUT2D eigenvalue weighted by Gasteiger charge is -2.11. The maximum absolute atomic E-state index is 12.7. The molecule has 1 aromatic carbocycles. The number of carbonyl (C=O) groups is 1. The average molecular weight is 517 g/mol. The van der Waals surface area contributed by atoms with E-state index < -0.39 is 30.6 Å². The van der Waals surface area contributed by atoms with Gasteiger partial charge in [0.15, 0.2) is 5.69 Å². The Bertz CT molecular complexity index is 1340. The van der Waals surface area contributed by atoms with Gasteiger partial charge in [0.1, 0.15) is 12.2 Å². The van der Waals surface area contributed by atoms with Gasteiger partial charge in [-0.3, -0.25) is 4.40 Å². The van der Waals surface area contributed by atoms with Crippen molar-refractivity contribution in [1.29, 1.82) is 0 Å². The molecule has 0 aliphatic carbocycles. The van der Waals surface area contributed by atoms with Crippen molar-refractivity contribution < 1.29 is 31.1 Å². The van der Waals surface area contributed by atoms with Crippen LogP contribution in [0.25, 0.3) is 28.2 Å². The number of aromatic nitrogens is 4. The molecule has 0 spiro atoms. The van der Waals surface area contributed by atoms with Crippen LogP contribution in [0, 0.1) is 0 Å². The minimum Gasteiger partial charge on any atom is -0.329 e. The molecule has 0 saturated heterocycles. The van der Waals surface area contributed by atoms with Gasteiger partial charge in [-0.15, -0.1) is 22.6 Å². The summed E-state index contributed by atoms with van der Waals surface area (Å²) >= 11 is 0. The molecule has 3 aromatic heterocycles. The monoisotopic (exact) mass is 516 g/mol. The number of benzene rings is 1. The van der Waals surface area contributed by atoms with Gasteiger partial charge in [0.2, 0.25) is 0 Å². The smallest absolute Gasteiger partial charge is 0.329 e. The predicted molar refractivity (Wildman–Crippen MR) is 117 cm³/mol. The first kappa shape index (κ1) is 25.7. The number of rotatable bonds is 4. The molecule has 7 nitrogen and oxygen atoms in total. The highest BCUT2D eigenvalue weighted by Crippen LogP contribution is 2.29. The van der Waals surface area contributed by atoms with E-state index in [0.717, 1.165) is 6.07 Å². The Kier molecular flexibility index (Phi) is 7.19. The summed E-state index contributed by atoms with van der Waals surface area (Å²) in [6, 6.07) is 10.7. The summed E-state index contributed by atoms with van der Waals surface area (Å²) in [7, 11) is 0. The van der Waals surface area contributed by atoms with Gasteiger partial charge in [-0.2, -0.15) is 26.3 Å². The van der Waals surface area contributed by atoms with Crippen molar-refractivity contribution in [3.05, 3.63) is 66.6 Å². The van der Waals surface area contributed by atoms with E-state index in [1.807, 2.05) is 0 Å². The third-order valence-electron chi connectivity index (χ3n) is 4.63. The Morgan fingerprint density at radius 1 is 0.943 bits per heavy atom. The molecule has 0 unspecified atom stereocenters. The summed E-state index contributed by atoms with van der Waals surface area (Å²) in [6.45, 7) is -1.46. The minimum atomic E-state index is -4.59. The lowest BCUT2D eigenvalue weighted by atomic mass is 10.1. The van der Waals surface area contributed by atoms with E-state index in [2.05, 4.69) is 20.5 Å². The number of urea groups is 1. The molecule has 0 fully saturated rings. The molecule has 0 bridgehead atoms. The van der Waals surface area contributed by atoms with Gasteiger partial charge in [0, 0.05) is 23.0 Å². The number of alkyl halides is 6. The zero-order valence-electron chi connectivity index (χ0n) is 17.4. The van der Waals surface area contributed by atoms with Crippen LogP contribution in [-0.2, 0) is 6.18 Å². The van der Waals surface area contributed by atoms with E-state index >= 15 is 0 Å². The van der Waals surface area contributed by atoms with E-state index in [-0.39, 0.29) is 23.8 Å². The molecule has 2 N–H and O–H groups in total. The van der Waals surface area contributed by atoms with Crippen molar-refractivity contribution >= 4 is 29.8 Å². The predicted octanol–water partition coefficient (Wildman–Crippen LogP) is 5.58. The first-order valence-corrected chi connectivity index (χ1v) is 9.60. The van der Waals surface area contributed by atoms with Crippen molar-refractivity contribution in [3.8, 4) is 22.5 Å². The molecule has 14 heteroatoms. The standard InChI is InChI=1S/C21H14F6N6O.ClH/c22-20(23,24)11-29-19(34)30-14-3-1-2-13(8-14)16-10-28-18-9-12(6-7-33(16)18)15-4-5-17(32-31-15)21(25,26)27;/h1-10H,11H2,(H2,29,30,34);1H. The number of nitrogens with zero attached hydrogens (tertiary/aromatic N) is 4. The van der Waals surface area contributed by atoms with Crippen molar-refractivity contribution in [2.24, 2.45) is 0 Å². The first-order chi connectivity index (χ1) is 16.0. The molecule has 0 radical (unpaired) electrons. The first-order valence-electron chi connectivity index (χ1n) is 9.60. The maximum atomic E-state index is 12.7. The number of hydrogen-bond acceptors (Lipinski definition) is 4. The molecule has 0 saturated carbocycles. The van der Waals surface area contributed by atoms with Gasteiger partial charge in [0.25, 0.3) is 0 Å². The number of anilines is 1. The average Bonchev–Trinajstić information content (AvgIpc) is 3.20. The van der Waals surface area contributed by atoms with Crippen molar-refractivity contribution in [3.63, 3.8) is 0 Å². The fourth-order valence-electron chi connectivity index (χ4n) is 3.10. The molecule has 0 aliphatic heterocycles. The molecule has 0 aliphatic rings. The number of amides is 2. The SMILES string of the molecule is Cl.O=C(NCC(F)(F)F)Nc1cccc(-c2cnc3cc(-c4ccc(C(F)(F)F)nn4)ccn23)c1. The topological polar surface area (TPSA) is 84.2 Å². The fourth-order valence-corrected chi connectivity index (χ4v) is 3.10. The summed E-state index contributed by atoms with van der Waals surface area (Å²) in [5.74, 6) is 0. The van der Waals surface area contributed by atoms with Crippen LogP contribution >= 0.6 is 12.4 Å². The van der Waals surface area contributed by atoms with Gasteiger partial charge in [-0.05, 0) is 36.4 Å². The highest BCUT2D eigenvalue weighted by Gasteiger charge is 2.33. The normalized spacial score (nSPS) is 11.7. The molecule has 0 atom stereocenters. The van der Waals surface area contributed by atoms with Gasteiger partial charge in [-0.1, -0.05) is 12.1 Å². The molecule has 4 rings (SSSR count). The number of pyridine rings is 1. The molecule has 2 amide bonds. The minimum absolute atomic E-state index is 0. The summed E-state index contributed by atoms with van der Waals surface area (Å²) in [5.41, 5.74) is 1.60. The Labute approximate surface area is 199 Å². The molecular weight excluding hydrogens is 502 g/mol. The molecule has 3 heterocycles. The highest BCUT2D eigenvalue weighted by molar-refractivity contribution is 5.90. The molecular formula is C21H15ClF6N6O.